The lowest BCUT2D eigenvalue weighted by Gasteiger charge is -2.16. The van der Waals surface area contributed by atoms with E-state index in [9.17, 15) is 16.8 Å². The highest BCUT2D eigenvalue weighted by Gasteiger charge is 2.29. The van der Waals surface area contributed by atoms with E-state index in [1.807, 2.05) is 6.07 Å². The van der Waals surface area contributed by atoms with Crippen LogP contribution in [0.2, 0.25) is 0 Å². The number of nitrogens with one attached hydrogen (secondary N) is 2. The highest BCUT2D eigenvalue weighted by atomic mass is 32.2. The molecule has 172 valence electrons. The van der Waals surface area contributed by atoms with Crippen LogP contribution < -0.4 is 10.5 Å². The number of anilines is 2. The van der Waals surface area contributed by atoms with E-state index >= 15 is 0 Å². The van der Waals surface area contributed by atoms with Crippen molar-refractivity contribution < 1.29 is 16.8 Å². The van der Waals surface area contributed by atoms with Gasteiger partial charge in [0.2, 0.25) is 9.84 Å². The molecule has 9 heteroatoms. The summed E-state index contributed by atoms with van der Waals surface area (Å²) in [5, 5.41) is 1.61. The number of aryl methyl sites for hydroxylation is 1. The maximum Gasteiger partial charge on any atom is 0.264 e. The fourth-order valence-electron chi connectivity index (χ4n) is 4.17. The summed E-state index contributed by atoms with van der Waals surface area (Å²) in [6, 6.07) is 23.0. The molecule has 0 saturated heterocycles. The molecular formula is C25H21N3O4S2. The lowest BCUT2D eigenvalue weighted by Crippen LogP contribution is -2.16. The van der Waals surface area contributed by atoms with Crippen LogP contribution >= 0.6 is 0 Å². The fraction of sp³-hybridized carbons (Fsp3) is 0.0400. The van der Waals surface area contributed by atoms with E-state index in [1.54, 1.807) is 55.5 Å². The molecule has 5 rings (SSSR count). The zero-order valence-electron chi connectivity index (χ0n) is 18.1. The van der Waals surface area contributed by atoms with Crippen LogP contribution in [0.25, 0.3) is 21.7 Å². The molecule has 0 aliphatic carbocycles. The predicted octanol–water partition coefficient (Wildman–Crippen LogP) is 4.85. The molecule has 0 bridgehead atoms. The molecule has 1 aromatic heterocycles. The van der Waals surface area contributed by atoms with E-state index in [0.29, 0.717) is 33.1 Å². The molecule has 34 heavy (non-hydrogen) atoms. The predicted molar refractivity (Wildman–Crippen MR) is 134 cm³/mol. The summed E-state index contributed by atoms with van der Waals surface area (Å²) in [6.45, 7) is 1.67. The van der Waals surface area contributed by atoms with Gasteiger partial charge in [0.15, 0.2) is 0 Å². The van der Waals surface area contributed by atoms with Crippen molar-refractivity contribution in [2.45, 2.75) is 21.6 Å². The minimum Gasteiger partial charge on any atom is -0.399 e. The molecule has 0 atom stereocenters. The van der Waals surface area contributed by atoms with Crippen LogP contribution in [0.1, 0.15) is 5.69 Å². The van der Waals surface area contributed by atoms with Gasteiger partial charge in [0.05, 0.1) is 10.6 Å². The minimum absolute atomic E-state index is 0.0155. The maximum atomic E-state index is 13.7. The number of para-hydroxylation sites is 1. The monoisotopic (exact) mass is 491 g/mol. The Hall–Kier alpha value is -3.82. The molecule has 5 aromatic rings. The number of sulfone groups is 1. The smallest absolute Gasteiger partial charge is 0.264 e. The lowest BCUT2D eigenvalue weighted by molar-refractivity contribution is 0.597. The van der Waals surface area contributed by atoms with E-state index < -0.39 is 19.9 Å². The average molecular weight is 492 g/mol. The third kappa shape index (κ3) is 3.59. The lowest BCUT2D eigenvalue weighted by atomic mass is 10.1. The molecule has 0 saturated carbocycles. The van der Waals surface area contributed by atoms with Crippen molar-refractivity contribution in [1.82, 2.24) is 4.98 Å². The van der Waals surface area contributed by atoms with Crippen LogP contribution in [0.4, 0.5) is 11.4 Å². The SMILES string of the molecule is Cc1[nH]c2ccccc2c1S(=O)(=O)Nc1ccc2ccccc2c1S(=O)(=O)c1ccc(N)cc1. The number of hydrogen-bond donors (Lipinski definition) is 3. The zero-order valence-corrected chi connectivity index (χ0v) is 19.7. The molecule has 0 spiro atoms. The zero-order chi connectivity index (χ0) is 24.1. The number of H-pyrrole nitrogens is 1. The van der Waals surface area contributed by atoms with Gasteiger partial charge < -0.3 is 10.7 Å². The third-order valence-corrected chi connectivity index (χ3v) is 9.11. The van der Waals surface area contributed by atoms with Crippen LogP contribution in [-0.2, 0) is 19.9 Å². The first kappa shape index (κ1) is 22.0. The van der Waals surface area contributed by atoms with E-state index in [-0.39, 0.29) is 20.4 Å². The van der Waals surface area contributed by atoms with E-state index in [4.69, 9.17) is 5.73 Å². The van der Waals surface area contributed by atoms with Gasteiger partial charge in [-0.3, -0.25) is 4.72 Å². The number of aromatic amines is 1. The molecule has 0 amide bonds. The first-order valence-corrected chi connectivity index (χ1v) is 13.4. The molecule has 1 heterocycles. The van der Waals surface area contributed by atoms with Crippen molar-refractivity contribution in [2.24, 2.45) is 0 Å². The van der Waals surface area contributed by atoms with E-state index in [1.165, 1.54) is 30.3 Å². The first-order chi connectivity index (χ1) is 16.2. The minimum atomic E-state index is -4.13. The number of nitrogen functional groups attached to an aromatic ring is 1. The van der Waals surface area contributed by atoms with Crippen LogP contribution in [0, 0.1) is 6.92 Å². The second-order valence-corrected chi connectivity index (χ2v) is 11.5. The van der Waals surface area contributed by atoms with Gasteiger partial charge in [-0.1, -0.05) is 48.5 Å². The van der Waals surface area contributed by atoms with Gasteiger partial charge in [0, 0.05) is 27.7 Å². The number of nitrogens with two attached hydrogens (primary N) is 1. The van der Waals surface area contributed by atoms with Crippen molar-refractivity contribution in [3.05, 3.63) is 90.6 Å². The fourth-order valence-corrected chi connectivity index (χ4v) is 7.33. The Bertz CT molecular complexity index is 1770. The number of benzene rings is 4. The van der Waals surface area contributed by atoms with E-state index in [2.05, 4.69) is 9.71 Å². The quantitative estimate of drug-likeness (QED) is 0.304. The number of fused-ring (bicyclic) bond motifs is 2. The summed E-state index contributed by atoms with van der Waals surface area (Å²) in [4.78, 5) is 3.05. The van der Waals surface area contributed by atoms with Crippen molar-refractivity contribution in [1.29, 1.82) is 0 Å². The molecular weight excluding hydrogens is 470 g/mol. The Morgan fingerprint density at radius 1 is 0.735 bits per heavy atom. The maximum absolute atomic E-state index is 13.7. The van der Waals surface area contributed by atoms with Crippen molar-refractivity contribution >= 4 is 52.9 Å². The van der Waals surface area contributed by atoms with Crippen LogP contribution in [-0.4, -0.2) is 21.8 Å². The molecule has 4 N–H and O–H groups in total. The van der Waals surface area contributed by atoms with Gasteiger partial charge in [0.25, 0.3) is 10.0 Å². The van der Waals surface area contributed by atoms with Gasteiger partial charge >= 0.3 is 0 Å². The molecule has 7 nitrogen and oxygen atoms in total. The second-order valence-electron chi connectivity index (χ2n) is 7.97. The Kier molecular flexibility index (Phi) is 5.11. The Morgan fingerprint density at radius 3 is 2.12 bits per heavy atom. The molecule has 0 aliphatic heterocycles. The van der Waals surface area contributed by atoms with Crippen molar-refractivity contribution in [3.8, 4) is 0 Å². The van der Waals surface area contributed by atoms with Crippen LogP contribution in [0.15, 0.2) is 99.6 Å². The standard InChI is InChI=1S/C25H21N3O4S2/c1-16-24(21-8-4-5-9-22(21)27-16)34(31,32)28-23-15-10-17-6-2-3-7-20(17)25(23)33(29,30)19-13-11-18(26)12-14-19/h2-15,27-28H,26H2,1H3. The Balaban J connectivity index is 1.73. The number of rotatable bonds is 5. The Morgan fingerprint density at radius 2 is 1.38 bits per heavy atom. The summed E-state index contributed by atoms with van der Waals surface area (Å²) in [5.41, 5.74) is 7.26. The summed E-state index contributed by atoms with van der Waals surface area (Å²) >= 11 is 0. The van der Waals surface area contributed by atoms with Gasteiger partial charge in [0.1, 0.15) is 9.79 Å². The topological polar surface area (TPSA) is 122 Å². The summed E-state index contributed by atoms with van der Waals surface area (Å²) in [5.74, 6) is 0. The molecule has 4 aromatic carbocycles. The van der Waals surface area contributed by atoms with E-state index in [0.717, 1.165) is 0 Å². The van der Waals surface area contributed by atoms with Crippen molar-refractivity contribution in [2.75, 3.05) is 10.5 Å². The molecule has 0 unspecified atom stereocenters. The van der Waals surface area contributed by atoms with Crippen molar-refractivity contribution in [3.63, 3.8) is 0 Å². The summed E-state index contributed by atoms with van der Waals surface area (Å²) < 4.78 is 57.2. The average Bonchev–Trinajstić information content (AvgIpc) is 3.15. The summed E-state index contributed by atoms with van der Waals surface area (Å²) in [6.07, 6.45) is 0. The molecule has 0 aliphatic rings. The Labute approximate surface area is 197 Å². The highest BCUT2D eigenvalue weighted by molar-refractivity contribution is 7.93. The largest absolute Gasteiger partial charge is 0.399 e. The third-order valence-electron chi connectivity index (χ3n) is 5.69. The molecule has 0 radical (unpaired) electrons. The number of sulfonamides is 1. The first-order valence-electron chi connectivity index (χ1n) is 10.4. The second kappa shape index (κ2) is 7.89. The summed E-state index contributed by atoms with van der Waals surface area (Å²) in [7, 11) is -8.23. The number of aromatic nitrogens is 1. The van der Waals surface area contributed by atoms with Crippen LogP contribution in [0.5, 0.6) is 0 Å². The molecule has 0 fully saturated rings. The van der Waals surface area contributed by atoms with Crippen LogP contribution in [0.3, 0.4) is 0 Å². The highest BCUT2D eigenvalue weighted by Crippen LogP contribution is 2.37. The van der Waals surface area contributed by atoms with Gasteiger partial charge in [-0.25, -0.2) is 16.8 Å². The van der Waals surface area contributed by atoms with Gasteiger partial charge in [-0.2, -0.15) is 0 Å². The normalized spacial score (nSPS) is 12.3. The van der Waals surface area contributed by atoms with Gasteiger partial charge in [-0.15, -0.1) is 0 Å². The van der Waals surface area contributed by atoms with Gasteiger partial charge in [-0.05, 0) is 48.7 Å². The number of hydrogen-bond acceptors (Lipinski definition) is 5.